The van der Waals surface area contributed by atoms with E-state index in [4.69, 9.17) is 9.47 Å². The van der Waals surface area contributed by atoms with Gasteiger partial charge in [0, 0.05) is 25.0 Å². The number of carbonyl (C=O) groups excluding carboxylic acids is 2. The van der Waals surface area contributed by atoms with Gasteiger partial charge >= 0.3 is 0 Å². The van der Waals surface area contributed by atoms with Crippen LogP contribution in [0.3, 0.4) is 0 Å². The van der Waals surface area contributed by atoms with E-state index in [0.29, 0.717) is 29.1 Å². The number of para-hydroxylation sites is 1. The van der Waals surface area contributed by atoms with Crippen molar-refractivity contribution in [1.82, 2.24) is 24.9 Å². The lowest BCUT2D eigenvalue weighted by Crippen LogP contribution is -2.47. The molecule has 2 aromatic heterocycles. The van der Waals surface area contributed by atoms with Crippen LogP contribution in [0.4, 0.5) is 5.69 Å². The minimum atomic E-state index is -0.751. The zero-order valence-electron chi connectivity index (χ0n) is 20.4. The fourth-order valence-electron chi connectivity index (χ4n) is 3.98. The molecule has 1 N–H and O–H groups in total. The number of amides is 2. The molecular formula is C26H28N6O4. The summed E-state index contributed by atoms with van der Waals surface area (Å²) in [5.41, 5.74) is 2.73. The quantitative estimate of drug-likeness (QED) is 0.365. The number of methoxy groups -OCH3 is 2. The predicted molar refractivity (Wildman–Crippen MR) is 135 cm³/mol. The molecule has 2 amide bonds. The Morgan fingerprint density at radius 1 is 1.08 bits per heavy atom. The van der Waals surface area contributed by atoms with E-state index >= 15 is 0 Å². The van der Waals surface area contributed by atoms with Gasteiger partial charge < -0.3 is 19.7 Å². The number of hydrogen-bond acceptors (Lipinski definition) is 7. The van der Waals surface area contributed by atoms with Gasteiger partial charge in [0.2, 0.25) is 11.8 Å². The molecule has 2 heterocycles. The highest BCUT2D eigenvalue weighted by atomic mass is 16.5. The van der Waals surface area contributed by atoms with Crippen molar-refractivity contribution in [3.8, 4) is 11.5 Å². The monoisotopic (exact) mass is 488 g/mol. The van der Waals surface area contributed by atoms with Crippen LogP contribution in [-0.4, -0.2) is 57.0 Å². The van der Waals surface area contributed by atoms with E-state index in [2.05, 4.69) is 20.6 Å². The highest BCUT2D eigenvalue weighted by Crippen LogP contribution is 2.29. The Morgan fingerprint density at radius 3 is 2.64 bits per heavy atom. The van der Waals surface area contributed by atoms with Crippen molar-refractivity contribution in [3.05, 3.63) is 72.6 Å². The van der Waals surface area contributed by atoms with E-state index < -0.39 is 6.04 Å². The van der Waals surface area contributed by atoms with E-state index in [1.807, 2.05) is 37.3 Å². The van der Waals surface area contributed by atoms with Crippen LogP contribution < -0.4 is 14.8 Å². The van der Waals surface area contributed by atoms with E-state index in [9.17, 15) is 9.59 Å². The van der Waals surface area contributed by atoms with Crippen molar-refractivity contribution in [2.45, 2.75) is 32.5 Å². The first-order valence-electron chi connectivity index (χ1n) is 11.5. The zero-order valence-corrected chi connectivity index (χ0v) is 20.4. The smallest absolute Gasteiger partial charge is 0.247 e. The highest BCUT2D eigenvalue weighted by molar-refractivity contribution is 5.98. The number of pyridine rings is 1. The molecule has 0 radical (unpaired) electrons. The summed E-state index contributed by atoms with van der Waals surface area (Å²) >= 11 is 0. The van der Waals surface area contributed by atoms with Gasteiger partial charge in [-0.1, -0.05) is 30.3 Å². The number of aromatic nitrogens is 4. The number of carbonyl (C=O) groups is 2. The molecule has 10 heteroatoms. The Bertz CT molecular complexity index is 1340. The molecule has 0 bridgehead atoms. The zero-order chi connectivity index (χ0) is 25.5. The van der Waals surface area contributed by atoms with E-state index in [1.165, 1.54) is 7.11 Å². The fourth-order valence-corrected chi connectivity index (χ4v) is 3.98. The maximum absolute atomic E-state index is 13.6. The third-order valence-electron chi connectivity index (χ3n) is 5.83. The Hall–Kier alpha value is -4.47. The number of benzene rings is 2. The van der Waals surface area contributed by atoms with Crippen LogP contribution in [0.1, 0.15) is 18.9 Å². The lowest BCUT2D eigenvalue weighted by atomic mass is 10.1. The van der Waals surface area contributed by atoms with Crippen molar-refractivity contribution in [3.63, 3.8) is 0 Å². The van der Waals surface area contributed by atoms with Crippen LogP contribution in [0.2, 0.25) is 0 Å². The summed E-state index contributed by atoms with van der Waals surface area (Å²) in [6, 6.07) is 15.5. The van der Waals surface area contributed by atoms with Gasteiger partial charge in [0.05, 0.1) is 25.4 Å². The SMILES string of the molecule is CCC(C(=O)Nc1ccc(OC)cc1OC)N(Cc1cccnc1)C(=O)Cn1nnc2ccccc21. The first-order chi connectivity index (χ1) is 17.5. The van der Waals surface area contributed by atoms with Crippen molar-refractivity contribution in [2.75, 3.05) is 19.5 Å². The molecule has 4 aromatic rings. The molecule has 0 saturated heterocycles. The molecule has 0 aliphatic heterocycles. The molecule has 4 rings (SSSR count). The Balaban J connectivity index is 1.61. The van der Waals surface area contributed by atoms with Crippen molar-refractivity contribution >= 4 is 28.5 Å². The van der Waals surface area contributed by atoms with Gasteiger partial charge in [-0.2, -0.15) is 0 Å². The summed E-state index contributed by atoms with van der Waals surface area (Å²) in [4.78, 5) is 32.8. The van der Waals surface area contributed by atoms with Crippen LogP contribution in [0.5, 0.6) is 11.5 Å². The molecule has 0 aliphatic rings. The first-order valence-corrected chi connectivity index (χ1v) is 11.5. The van der Waals surface area contributed by atoms with Crippen LogP contribution in [0.25, 0.3) is 11.0 Å². The van der Waals surface area contributed by atoms with E-state index in [-0.39, 0.29) is 24.9 Å². The number of nitrogens with one attached hydrogen (secondary N) is 1. The van der Waals surface area contributed by atoms with E-state index in [1.54, 1.807) is 53.4 Å². The highest BCUT2D eigenvalue weighted by Gasteiger charge is 2.30. The fraction of sp³-hybridized carbons (Fsp3) is 0.269. The summed E-state index contributed by atoms with van der Waals surface area (Å²) in [5, 5.41) is 11.2. The second kappa shape index (κ2) is 11.3. The van der Waals surface area contributed by atoms with Gasteiger partial charge in [-0.25, -0.2) is 4.68 Å². The second-order valence-corrected chi connectivity index (χ2v) is 8.10. The number of hydrogen-bond donors (Lipinski definition) is 1. The van der Waals surface area contributed by atoms with E-state index in [0.717, 1.165) is 11.1 Å². The number of rotatable bonds is 10. The summed E-state index contributed by atoms with van der Waals surface area (Å²) in [7, 11) is 3.07. The van der Waals surface area contributed by atoms with Gasteiger partial charge in [-0.15, -0.1) is 5.10 Å². The third kappa shape index (κ3) is 5.43. The molecule has 0 spiro atoms. The lowest BCUT2D eigenvalue weighted by Gasteiger charge is -2.30. The molecule has 36 heavy (non-hydrogen) atoms. The standard InChI is InChI=1S/C26H28N6O4/c1-4-22(26(34)28-21-12-11-19(35-2)14-24(21)36-3)31(16-18-8-7-13-27-15-18)25(33)17-32-23-10-6-5-9-20(23)29-30-32/h5-15,22H,4,16-17H2,1-3H3,(H,28,34). The number of fused-ring (bicyclic) bond motifs is 1. The van der Waals surface area contributed by atoms with Crippen molar-refractivity contribution in [2.24, 2.45) is 0 Å². The summed E-state index contributed by atoms with van der Waals surface area (Å²) in [6.07, 6.45) is 3.74. The second-order valence-electron chi connectivity index (χ2n) is 8.10. The topological polar surface area (TPSA) is 111 Å². The minimum Gasteiger partial charge on any atom is -0.497 e. The summed E-state index contributed by atoms with van der Waals surface area (Å²) in [6.45, 7) is 2.02. The first kappa shape index (κ1) is 24.6. The maximum atomic E-state index is 13.6. The molecule has 0 aliphatic carbocycles. The summed E-state index contributed by atoms with van der Waals surface area (Å²) in [5.74, 6) is 0.460. The van der Waals surface area contributed by atoms with Crippen molar-refractivity contribution in [1.29, 1.82) is 0 Å². The molecule has 0 saturated carbocycles. The number of ether oxygens (including phenoxy) is 2. The molecule has 2 aromatic carbocycles. The van der Waals surface area contributed by atoms with Gasteiger partial charge in [0.1, 0.15) is 29.6 Å². The van der Waals surface area contributed by atoms with Crippen molar-refractivity contribution < 1.29 is 19.1 Å². The maximum Gasteiger partial charge on any atom is 0.247 e. The Kier molecular flexibility index (Phi) is 7.74. The molecule has 0 fully saturated rings. The van der Waals surface area contributed by atoms with Gasteiger partial charge in [-0.05, 0) is 42.3 Å². The summed E-state index contributed by atoms with van der Waals surface area (Å²) < 4.78 is 12.2. The Morgan fingerprint density at radius 2 is 1.92 bits per heavy atom. The molecule has 186 valence electrons. The van der Waals surface area contributed by atoms with Gasteiger partial charge in [0.15, 0.2) is 0 Å². The number of nitrogens with zero attached hydrogens (tertiary/aromatic N) is 5. The largest absolute Gasteiger partial charge is 0.497 e. The van der Waals surface area contributed by atoms with Crippen LogP contribution in [0, 0.1) is 0 Å². The predicted octanol–water partition coefficient (Wildman–Crippen LogP) is 3.29. The molecule has 1 atom stereocenters. The minimum absolute atomic E-state index is 0.0591. The van der Waals surface area contributed by atoms with Gasteiger partial charge in [0.25, 0.3) is 0 Å². The average Bonchev–Trinajstić information content (AvgIpc) is 3.32. The molecule has 10 nitrogen and oxygen atoms in total. The molecule has 1 unspecified atom stereocenters. The normalized spacial score (nSPS) is 11.6. The number of anilines is 1. The van der Waals surface area contributed by atoms with Gasteiger partial charge in [-0.3, -0.25) is 14.6 Å². The lowest BCUT2D eigenvalue weighted by molar-refractivity contribution is -0.140. The van der Waals surface area contributed by atoms with Crippen LogP contribution in [-0.2, 0) is 22.7 Å². The van der Waals surface area contributed by atoms with Crippen LogP contribution in [0.15, 0.2) is 67.0 Å². The molecular weight excluding hydrogens is 460 g/mol. The third-order valence-corrected chi connectivity index (χ3v) is 5.83. The Labute approximate surface area is 208 Å². The van der Waals surface area contributed by atoms with Crippen LogP contribution >= 0.6 is 0 Å². The average molecular weight is 489 g/mol.